The van der Waals surface area contributed by atoms with Crippen molar-refractivity contribution in [2.45, 2.75) is 20.8 Å². The highest BCUT2D eigenvalue weighted by Crippen LogP contribution is 2.31. The van der Waals surface area contributed by atoms with Gasteiger partial charge in [0.15, 0.2) is 5.17 Å². The molecule has 1 aromatic heterocycles. The van der Waals surface area contributed by atoms with Crippen LogP contribution in [0.5, 0.6) is 0 Å². The Morgan fingerprint density at radius 3 is 2.53 bits per heavy atom. The highest BCUT2D eigenvalue weighted by molar-refractivity contribution is 14.1. The molecule has 0 saturated carbocycles. The summed E-state index contributed by atoms with van der Waals surface area (Å²) in [4.78, 5) is 17.7. The predicted octanol–water partition coefficient (Wildman–Crippen LogP) is 6.55. The van der Waals surface area contributed by atoms with Gasteiger partial charge in [0, 0.05) is 25.7 Å². The van der Waals surface area contributed by atoms with Crippen molar-refractivity contribution in [2.75, 3.05) is 0 Å². The Bertz CT molecular complexity index is 1210. The van der Waals surface area contributed by atoms with Crippen LogP contribution in [-0.2, 0) is 4.79 Å². The summed E-state index contributed by atoms with van der Waals surface area (Å²) in [5.74, 6) is -0.135. The molecule has 0 radical (unpaired) electrons. The van der Waals surface area contributed by atoms with Crippen molar-refractivity contribution in [1.29, 1.82) is 0 Å². The number of hydrogen-bond acceptors (Lipinski definition) is 3. The average molecular weight is 548 g/mol. The van der Waals surface area contributed by atoms with E-state index in [4.69, 9.17) is 11.6 Å². The number of rotatable bonds is 3. The molecule has 0 unspecified atom stereocenters. The number of nitrogens with zero attached hydrogens (tertiary/aromatic N) is 2. The normalized spacial score (nSPS) is 16.5. The minimum Gasteiger partial charge on any atom is -0.318 e. The van der Waals surface area contributed by atoms with Gasteiger partial charge in [-0.2, -0.15) is 0 Å². The Labute approximate surface area is 198 Å². The Balaban J connectivity index is 1.64. The third-order valence-electron chi connectivity index (χ3n) is 4.87. The van der Waals surface area contributed by atoms with Crippen LogP contribution in [0.15, 0.2) is 58.4 Å². The molecule has 30 heavy (non-hydrogen) atoms. The van der Waals surface area contributed by atoms with E-state index in [1.165, 1.54) is 15.3 Å². The molecule has 0 spiro atoms. The summed E-state index contributed by atoms with van der Waals surface area (Å²) in [6.45, 7) is 6.09. The molecule has 1 amide bonds. The summed E-state index contributed by atoms with van der Waals surface area (Å²) >= 11 is 9.67. The molecular formula is C23H19ClIN3OS. The summed E-state index contributed by atoms with van der Waals surface area (Å²) in [6.07, 6.45) is 1.93. The van der Waals surface area contributed by atoms with E-state index in [1.54, 1.807) is 6.07 Å². The Kier molecular flexibility index (Phi) is 6.09. The van der Waals surface area contributed by atoms with Crippen molar-refractivity contribution in [3.8, 4) is 5.69 Å². The number of thioether (sulfide) groups is 1. The van der Waals surface area contributed by atoms with Crippen molar-refractivity contribution in [3.63, 3.8) is 0 Å². The minimum atomic E-state index is -0.135. The van der Waals surface area contributed by atoms with Crippen molar-refractivity contribution >= 4 is 68.8 Å². The van der Waals surface area contributed by atoms with E-state index in [0.29, 0.717) is 15.1 Å². The van der Waals surface area contributed by atoms with E-state index in [-0.39, 0.29) is 5.91 Å². The second-order valence-electron chi connectivity index (χ2n) is 7.05. The first-order chi connectivity index (χ1) is 14.3. The van der Waals surface area contributed by atoms with Gasteiger partial charge in [-0.05, 0) is 121 Å². The molecule has 1 N–H and O–H groups in total. The molecular weight excluding hydrogens is 529 g/mol. The smallest absolute Gasteiger partial charge is 0.264 e. The Morgan fingerprint density at radius 1 is 1.10 bits per heavy atom. The summed E-state index contributed by atoms with van der Waals surface area (Å²) in [7, 11) is 0. The van der Waals surface area contributed by atoms with Gasteiger partial charge in [0.2, 0.25) is 0 Å². The van der Waals surface area contributed by atoms with E-state index < -0.39 is 0 Å². The van der Waals surface area contributed by atoms with Gasteiger partial charge < -0.3 is 9.88 Å². The number of halogens is 2. The zero-order chi connectivity index (χ0) is 21.4. The van der Waals surface area contributed by atoms with Crippen LogP contribution >= 0.6 is 46.0 Å². The third kappa shape index (κ3) is 4.36. The lowest BCUT2D eigenvalue weighted by Gasteiger charge is -2.09. The fourth-order valence-corrected chi connectivity index (χ4v) is 4.81. The van der Waals surface area contributed by atoms with Crippen molar-refractivity contribution in [2.24, 2.45) is 4.99 Å². The van der Waals surface area contributed by atoms with Gasteiger partial charge in [-0.25, -0.2) is 4.99 Å². The number of aliphatic imine (C=N–C) groups is 1. The number of carbonyl (C=O) groups is 1. The van der Waals surface area contributed by atoms with Gasteiger partial charge >= 0.3 is 0 Å². The molecule has 152 valence electrons. The molecule has 3 aromatic rings. The molecule has 4 nitrogen and oxygen atoms in total. The van der Waals surface area contributed by atoms with E-state index in [9.17, 15) is 4.79 Å². The fourth-order valence-electron chi connectivity index (χ4n) is 3.40. The molecule has 1 aliphatic rings. The van der Waals surface area contributed by atoms with Gasteiger partial charge in [-0.3, -0.25) is 4.79 Å². The van der Waals surface area contributed by atoms with Crippen LogP contribution in [0.4, 0.5) is 5.69 Å². The maximum Gasteiger partial charge on any atom is 0.264 e. The molecule has 4 rings (SSSR count). The van der Waals surface area contributed by atoms with Crippen LogP contribution in [0, 0.1) is 24.3 Å². The van der Waals surface area contributed by atoms with E-state index in [2.05, 4.69) is 81.6 Å². The Morgan fingerprint density at radius 2 is 1.83 bits per heavy atom. The SMILES string of the molecule is Cc1cc(Cl)ccc1N=C1NC(=O)/C(=C/c2cc(C)n(-c3ccc(I)cc3)c2C)S1. The summed E-state index contributed by atoms with van der Waals surface area (Å²) in [5, 5.41) is 4.10. The summed E-state index contributed by atoms with van der Waals surface area (Å²) < 4.78 is 3.40. The number of benzene rings is 2. The highest BCUT2D eigenvalue weighted by Gasteiger charge is 2.25. The minimum absolute atomic E-state index is 0.135. The second kappa shape index (κ2) is 8.61. The van der Waals surface area contributed by atoms with Gasteiger partial charge in [-0.15, -0.1) is 0 Å². The summed E-state index contributed by atoms with van der Waals surface area (Å²) in [5.41, 5.74) is 6.10. The van der Waals surface area contributed by atoms with Crippen LogP contribution in [0.2, 0.25) is 5.02 Å². The number of amides is 1. The van der Waals surface area contributed by atoms with Gasteiger partial charge in [0.1, 0.15) is 0 Å². The predicted molar refractivity (Wildman–Crippen MR) is 135 cm³/mol. The average Bonchev–Trinajstić information content (AvgIpc) is 3.17. The number of carbonyl (C=O) groups excluding carboxylic acids is 1. The zero-order valence-corrected chi connectivity index (χ0v) is 20.4. The monoisotopic (exact) mass is 547 g/mol. The molecule has 0 aliphatic carbocycles. The third-order valence-corrected chi connectivity index (χ3v) is 6.74. The number of aromatic nitrogens is 1. The number of aryl methyl sites for hydroxylation is 2. The molecule has 0 atom stereocenters. The van der Waals surface area contributed by atoms with E-state index in [0.717, 1.165) is 33.9 Å². The zero-order valence-electron chi connectivity index (χ0n) is 16.7. The lowest BCUT2D eigenvalue weighted by Crippen LogP contribution is -2.19. The topological polar surface area (TPSA) is 46.4 Å². The van der Waals surface area contributed by atoms with E-state index >= 15 is 0 Å². The molecule has 1 fully saturated rings. The van der Waals surface area contributed by atoms with Crippen molar-refractivity contribution < 1.29 is 4.79 Å². The molecule has 2 heterocycles. The van der Waals surface area contributed by atoms with Crippen LogP contribution in [0.3, 0.4) is 0 Å². The lowest BCUT2D eigenvalue weighted by molar-refractivity contribution is -0.115. The Hall–Kier alpha value is -2.03. The lowest BCUT2D eigenvalue weighted by atomic mass is 10.2. The number of amidine groups is 1. The van der Waals surface area contributed by atoms with Crippen LogP contribution in [-0.4, -0.2) is 15.6 Å². The molecule has 2 aromatic carbocycles. The van der Waals surface area contributed by atoms with Crippen LogP contribution in [0.25, 0.3) is 11.8 Å². The summed E-state index contributed by atoms with van der Waals surface area (Å²) in [6, 6.07) is 16.0. The van der Waals surface area contributed by atoms with Gasteiger partial charge in [0.05, 0.1) is 10.6 Å². The largest absolute Gasteiger partial charge is 0.318 e. The molecule has 1 saturated heterocycles. The second-order valence-corrected chi connectivity index (χ2v) is 9.76. The maximum atomic E-state index is 12.5. The van der Waals surface area contributed by atoms with E-state index in [1.807, 2.05) is 25.1 Å². The highest BCUT2D eigenvalue weighted by atomic mass is 127. The van der Waals surface area contributed by atoms with Crippen LogP contribution < -0.4 is 5.32 Å². The molecule has 1 aliphatic heterocycles. The van der Waals surface area contributed by atoms with Crippen molar-refractivity contribution in [1.82, 2.24) is 9.88 Å². The quantitative estimate of drug-likeness (QED) is 0.298. The van der Waals surface area contributed by atoms with Crippen molar-refractivity contribution in [3.05, 3.63) is 84.5 Å². The first-order valence-electron chi connectivity index (χ1n) is 9.32. The van der Waals surface area contributed by atoms with Gasteiger partial charge in [-0.1, -0.05) is 11.6 Å². The molecule has 7 heteroatoms. The maximum absolute atomic E-state index is 12.5. The first kappa shape index (κ1) is 21.2. The first-order valence-corrected chi connectivity index (χ1v) is 11.6. The van der Waals surface area contributed by atoms with Gasteiger partial charge in [0.25, 0.3) is 5.91 Å². The molecule has 0 bridgehead atoms. The number of nitrogens with one attached hydrogen (secondary N) is 1. The fraction of sp³-hybridized carbons (Fsp3) is 0.130. The van der Waals surface area contributed by atoms with Crippen LogP contribution in [0.1, 0.15) is 22.5 Å². The number of hydrogen-bond donors (Lipinski definition) is 1. The standard InChI is InChI=1S/C23H19ClIN3OS/c1-13-10-17(24)4-9-20(13)26-23-27-22(29)21(30-23)12-16-11-14(2)28(15(16)3)19-7-5-18(25)6-8-19/h4-12H,1-3H3,(H,26,27,29)/b21-12-.